The Morgan fingerprint density at radius 1 is 1.11 bits per heavy atom. The van der Waals surface area contributed by atoms with Crippen molar-refractivity contribution in [2.75, 3.05) is 13.7 Å². The second-order valence-electron chi connectivity index (χ2n) is 7.74. The molecule has 9 heteroatoms. The third-order valence-corrected chi connectivity index (χ3v) is 7.57. The average molecular weight is 677 g/mol. The van der Waals surface area contributed by atoms with Crippen LogP contribution in [-0.2, 0) is 16.1 Å². The van der Waals surface area contributed by atoms with E-state index in [1.165, 1.54) is 20.2 Å². The summed E-state index contributed by atoms with van der Waals surface area (Å²) in [6.45, 7) is 2.55. The van der Waals surface area contributed by atoms with Crippen LogP contribution in [0, 0.1) is 3.57 Å². The van der Waals surface area contributed by atoms with Crippen molar-refractivity contribution in [1.82, 2.24) is 4.90 Å². The second-order valence-corrected chi connectivity index (χ2v) is 10.9. The van der Waals surface area contributed by atoms with Crippen molar-refractivity contribution in [2.24, 2.45) is 4.99 Å². The topological polar surface area (TPSA) is 68.2 Å². The first-order chi connectivity index (χ1) is 17.3. The predicted molar refractivity (Wildman–Crippen MR) is 155 cm³/mol. The van der Waals surface area contributed by atoms with Gasteiger partial charge in [-0.15, -0.1) is 0 Å². The van der Waals surface area contributed by atoms with Gasteiger partial charge in [0, 0.05) is 10.6 Å². The Bertz CT molecular complexity index is 1340. The van der Waals surface area contributed by atoms with Crippen molar-refractivity contribution in [3.8, 4) is 5.75 Å². The summed E-state index contributed by atoms with van der Waals surface area (Å²) in [7, 11) is 1.69. The number of nitrogens with zero attached hydrogens (tertiary/aromatic N) is 2. The normalized spacial score (nSPS) is 15.6. The molecule has 4 rings (SSSR count). The van der Waals surface area contributed by atoms with E-state index in [-0.39, 0.29) is 11.9 Å². The number of rotatable bonds is 7. The number of carbonyl (C=O) groups excluding carboxylic acids is 2. The molecule has 1 aliphatic heterocycles. The molecule has 0 unspecified atom stereocenters. The number of thioether (sulfide) groups is 1. The zero-order chi connectivity index (χ0) is 25.7. The Labute approximate surface area is 236 Å². The highest BCUT2D eigenvalue weighted by molar-refractivity contribution is 14.1. The van der Waals surface area contributed by atoms with Crippen LogP contribution >= 0.6 is 50.3 Å². The van der Waals surface area contributed by atoms with Gasteiger partial charge in [-0.2, -0.15) is 0 Å². The first kappa shape index (κ1) is 26.4. The van der Waals surface area contributed by atoms with Crippen LogP contribution in [0.3, 0.4) is 0 Å². The van der Waals surface area contributed by atoms with Crippen LogP contribution < -0.4 is 4.74 Å². The van der Waals surface area contributed by atoms with Crippen LogP contribution in [0.25, 0.3) is 6.08 Å². The van der Waals surface area contributed by atoms with Gasteiger partial charge in [-0.1, -0.05) is 18.2 Å². The molecular weight excluding hydrogens is 655 g/mol. The van der Waals surface area contributed by atoms with E-state index in [0.717, 1.165) is 21.3 Å². The zero-order valence-corrected chi connectivity index (χ0v) is 24.1. The number of likely N-dealkylation sites (N-methyl/N-ethyl adjacent to an activating group) is 1. The molecular formula is C27H22BrIN2O4S. The van der Waals surface area contributed by atoms with Gasteiger partial charge in [-0.05, 0) is 123 Å². The van der Waals surface area contributed by atoms with Crippen molar-refractivity contribution in [2.45, 2.75) is 13.5 Å². The number of hydrogen-bond donors (Lipinski definition) is 0. The van der Waals surface area contributed by atoms with E-state index in [2.05, 4.69) is 43.5 Å². The quantitative estimate of drug-likeness (QED) is 0.153. The van der Waals surface area contributed by atoms with Gasteiger partial charge in [0.1, 0.15) is 12.4 Å². The van der Waals surface area contributed by atoms with E-state index in [1.807, 2.05) is 48.5 Å². The molecule has 36 heavy (non-hydrogen) atoms. The van der Waals surface area contributed by atoms with Crippen molar-refractivity contribution < 1.29 is 19.1 Å². The molecule has 0 saturated carbocycles. The van der Waals surface area contributed by atoms with E-state index in [0.29, 0.717) is 34.5 Å². The maximum Gasteiger partial charge on any atom is 0.338 e. The minimum Gasteiger partial charge on any atom is -0.488 e. The molecule has 0 atom stereocenters. The summed E-state index contributed by atoms with van der Waals surface area (Å²) in [6.07, 6.45) is 1.84. The lowest BCUT2D eigenvalue weighted by Crippen LogP contribution is -2.23. The lowest BCUT2D eigenvalue weighted by Gasteiger charge is -2.09. The third-order valence-electron chi connectivity index (χ3n) is 5.17. The lowest BCUT2D eigenvalue weighted by atomic mass is 10.2. The number of hydrogen-bond acceptors (Lipinski definition) is 6. The van der Waals surface area contributed by atoms with Crippen molar-refractivity contribution in [3.63, 3.8) is 0 Å². The standard InChI is InChI=1S/C27H22BrIN2O4S/c1-3-34-26(33)19-7-11-21(12-8-19)30-27-31(2)25(32)24(36-27)15-18-6-13-23(22(28)14-18)35-16-17-4-9-20(29)10-5-17/h4-15H,3,16H2,1-2H3. The molecule has 0 aliphatic carbocycles. The molecule has 0 N–H and O–H groups in total. The largest absolute Gasteiger partial charge is 0.488 e. The molecule has 1 saturated heterocycles. The summed E-state index contributed by atoms with van der Waals surface area (Å²) in [4.78, 5) is 31.3. The number of aliphatic imine (C=N–C) groups is 1. The van der Waals surface area contributed by atoms with Gasteiger partial charge in [-0.3, -0.25) is 9.69 Å². The minimum absolute atomic E-state index is 0.128. The number of halogens is 2. The summed E-state index contributed by atoms with van der Waals surface area (Å²) in [5.41, 5.74) is 3.06. The van der Waals surface area contributed by atoms with Crippen molar-refractivity contribution in [3.05, 3.63) is 96.4 Å². The summed E-state index contributed by atoms with van der Waals surface area (Å²) in [5.74, 6) is 0.227. The minimum atomic E-state index is -0.373. The van der Waals surface area contributed by atoms with Crippen LogP contribution in [0.5, 0.6) is 5.75 Å². The molecule has 6 nitrogen and oxygen atoms in total. The van der Waals surface area contributed by atoms with Crippen LogP contribution in [0.15, 0.2) is 81.1 Å². The SMILES string of the molecule is CCOC(=O)c1ccc(N=C2SC(=Cc3ccc(OCc4ccc(I)cc4)c(Br)c3)C(=O)N2C)cc1. The van der Waals surface area contributed by atoms with E-state index in [1.54, 1.807) is 38.2 Å². The number of amidine groups is 1. The molecule has 3 aromatic carbocycles. The highest BCUT2D eigenvalue weighted by Crippen LogP contribution is 2.34. The monoisotopic (exact) mass is 676 g/mol. The average Bonchev–Trinajstić information content (AvgIpc) is 3.12. The van der Waals surface area contributed by atoms with Crippen LogP contribution in [0.2, 0.25) is 0 Å². The van der Waals surface area contributed by atoms with E-state index in [9.17, 15) is 9.59 Å². The number of benzene rings is 3. The smallest absolute Gasteiger partial charge is 0.338 e. The second kappa shape index (κ2) is 12.1. The fraction of sp³-hybridized carbons (Fsp3) is 0.148. The Hall–Kier alpha value is -2.63. The molecule has 1 amide bonds. The maximum atomic E-state index is 12.8. The van der Waals surface area contributed by atoms with E-state index >= 15 is 0 Å². The molecule has 0 aromatic heterocycles. The molecule has 0 spiro atoms. The lowest BCUT2D eigenvalue weighted by molar-refractivity contribution is -0.121. The van der Waals surface area contributed by atoms with E-state index < -0.39 is 0 Å². The summed E-state index contributed by atoms with van der Waals surface area (Å²) >= 11 is 7.15. The van der Waals surface area contributed by atoms with Gasteiger partial charge in [-0.25, -0.2) is 9.79 Å². The predicted octanol–water partition coefficient (Wildman–Crippen LogP) is 7.04. The van der Waals surface area contributed by atoms with Gasteiger partial charge in [0.25, 0.3) is 5.91 Å². The van der Waals surface area contributed by atoms with Crippen molar-refractivity contribution in [1.29, 1.82) is 0 Å². The van der Waals surface area contributed by atoms with Gasteiger partial charge >= 0.3 is 5.97 Å². The van der Waals surface area contributed by atoms with Gasteiger partial charge in [0.15, 0.2) is 5.17 Å². The summed E-state index contributed by atoms with van der Waals surface area (Å²) in [5, 5.41) is 0.562. The summed E-state index contributed by atoms with van der Waals surface area (Å²) < 4.78 is 12.9. The number of esters is 1. The fourth-order valence-corrected chi connectivity index (χ4v) is 5.12. The Balaban J connectivity index is 1.45. The summed E-state index contributed by atoms with van der Waals surface area (Å²) in [6, 6.07) is 20.7. The highest BCUT2D eigenvalue weighted by atomic mass is 127. The van der Waals surface area contributed by atoms with Gasteiger partial charge in [0.2, 0.25) is 0 Å². The highest BCUT2D eigenvalue weighted by Gasteiger charge is 2.30. The Morgan fingerprint density at radius 3 is 2.50 bits per heavy atom. The van der Waals surface area contributed by atoms with Crippen molar-refractivity contribution >= 4 is 79.1 Å². The number of carbonyl (C=O) groups is 2. The van der Waals surface area contributed by atoms with Crippen LogP contribution in [-0.4, -0.2) is 35.6 Å². The van der Waals surface area contributed by atoms with Gasteiger partial charge < -0.3 is 9.47 Å². The molecule has 3 aromatic rings. The molecule has 0 radical (unpaired) electrons. The van der Waals surface area contributed by atoms with Gasteiger partial charge in [0.05, 0.1) is 27.2 Å². The molecule has 1 fully saturated rings. The first-order valence-electron chi connectivity index (χ1n) is 11.0. The van der Waals surface area contributed by atoms with Crippen LogP contribution in [0.4, 0.5) is 5.69 Å². The van der Waals surface area contributed by atoms with Crippen LogP contribution in [0.1, 0.15) is 28.4 Å². The molecule has 0 bridgehead atoms. The third kappa shape index (κ3) is 6.57. The van der Waals surface area contributed by atoms with E-state index in [4.69, 9.17) is 9.47 Å². The molecule has 184 valence electrons. The molecule has 1 aliphatic rings. The zero-order valence-electron chi connectivity index (χ0n) is 19.5. The fourth-order valence-electron chi connectivity index (χ4n) is 3.27. The Morgan fingerprint density at radius 2 is 1.83 bits per heavy atom. The number of amides is 1. The Kier molecular flexibility index (Phi) is 8.86. The maximum absolute atomic E-state index is 12.8. The molecule has 1 heterocycles. The first-order valence-corrected chi connectivity index (χ1v) is 13.7. The number of ether oxygens (including phenoxy) is 2.